The Morgan fingerprint density at radius 1 is 1.26 bits per heavy atom. The van der Waals surface area contributed by atoms with Gasteiger partial charge in [0.1, 0.15) is 6.54 Å². The van der Waals surface area contributed by atoms with Crippen molar-refractivity contribution in [2.45, 2.75) is 38.8 Å². The molecular weight excluding hydrogens is 290 g/mol. The van der Waals surface area contributed by atoms with Crippen molar-refractivity contribution >= 4 is 5.91 Å². The fourth-order valence-corrected chi connectivity index (χ4v) is 3.25. The SMILES string of the molecule is CCCN(C(=O)Cn1cccnc1=O)C1Cc2ccccc2C1. The van der Waals surface area contributed by atoms with Gasteiger partial charge in [-0.05, 0) is 36.5 Å². The van der Waals surface area contributed by atoms with Crippen LogP contribution < -0.4 is 5.69 Å². The predicted octanol–water partition coefficient (Wildman–Crippen LogP) is 1.65. The quantitative estimate of drug-likeness (QED) is 0.843. The van der Waals surface area contributed by atoms with Crippen molar-refractivity contribution in [3.8, 4) is 0 Å². The molecule has 3 rings (SSSR count). The van der Waals surface area contributed by atoms with E-state index in [1.54, 1.807) is 12.3 Å². The summed E-state index contributed by atoms with van der Waals surface area (Å²) in [6, 6.07) is 10.2. The zero-order valence-electron chi connectivity index (χ0n) is 13.3. The molecule has 0 N–H and O–H groups in total. The first-order valence-electron chi connectivity index (χ1n) is 8.06. The van der Waals surface area contributed by atoms with E-state index in [0.29, 0.717) is 6.54 Å². The van der Waals surface area contributed by atoms with Crippen molar-refractivity contribution in [1.29, 1.82) is 0 Å². The molecule has 0 atom stereocenters. The number of rotatable bonds is 5. The second-order valence-electron chi connectivity index (χ2n) is 5.95. The van der Waals surface area contributed by atoms with E-state index in [-0.39, 0.29) is 24.2 Å². The molecule has 0 bridgehead atoms. The van der Waals surface area contributed by atoms with Gasteiger partial charge in [0.2, 0.25) is 5.91 Å². The third kappa shape index (κ3) is 3.33. The van der Waals surface area contributed by atoms with Crippen molar-refractivity contribution < 1.29 is 4.79 Å². The van der Waals surface area contributed by atoms with Crippen LogP contribution in [0.2, 0.25) is 0 Å². The zero-order chi connectivity index (χ0) is 16.2. The molecule has 0 spiro atoms. The maximum absolute atomic E-state index is 12.7. The second kappa shape index (κ2) is 6.77. The monoisotopic (exact) mass is 311 g/mol. The van der Waals surface area contributed by atoms with Crippen LogP contribution in [0.15, 0.2) is 47.5 Å². The van der Waals surface area contributed by atoms with E-state index in [2.05, 4.69) is 24.0 Å². The van der Waals surface area contributed by atoms with Crippen LogP contribution in [0.3, 0.4) is 0 Å². The molecule has 0 saturated heterocycles. The number of benzene rings is 1. The Balaban J connectivity index is 1.76. The van der Waals surface area contributed by atoms with Crippen molar-refractivity contribution in [2.24, 2.45) is 0 Å². The van der Waals surface area contributed by atoms with Crippen LogP contribution in [0.1, 0.15) is 24.5 Å². The molecule has 1 aliphatic rings. The first kappa shape index (κ1) is 15.5. The lowest BCUT2D eigenvalue weighted by Gasteiger charge is -2.29. The molecule has 23 heavy (non-hydrogen) atoms. The molecule has 1 aliphatic carbocycles. The van der Waals surface area contributed by atoms with Crippen LogP contribution in [0.25, 0.3) is 0 Å². The summed E-state index contributed by atoms with van der Waals surface area (Å²) in [5, 5.41) is 0. The molecule has 120 valence electrons. The Hall–Kier alpha value is -2.43. The molecule has 0 aliphatic heterocycles. The number of amides is 1. The predicted molar refractivity (Wildman–Crippen MR) is 88.1 cm³/mol. The smallest absolute Gasteiger partial charge is 0.338 e. The molecule has 5 nitrogen and oxygen atoms in total. The molecular formula is C18H21N3O2. The lowest BCUT2D eigenvalue weighted by atomic mass is 10.1. The van der Waals surface area contributed by atoms with Crippen LogP contribution in [0.4, 0.5) is 0 Å². The average Bonchev–Trinajstić information content (AvgIpc) is 2.98. The Morgan fingerprint density at radius 3 is 2.57 bits per heavy atom. The third-order valence-corrected chi connectivity index (χ3v) is 4.34. The number of hydrogen-bond acceptors (Lipinski definition) is 3. The van der Waals surface area contributed by atoms with E-state index in [9.17, 15) is 9.59 Å². The molecule has 2 aromatic rings. The number of carbonyl (C=O) groups is 1. The van der Waals surface area contributed by atoms with Gasteiger partial charge in [0, 0.05) is 25.0 Å². The van der Waals surface area contributed by atoms with Crippen molar-refractivity contribution in [3.05, 3.63) is 64.3 Å². The highest BCUT2D eigenvalue weighted by Gasteiger charge is 2.29. The van der Waals surface area contributed by atoms with Gasteiger partial charge in [0.05, 0.1) is 0 Å². The lowest BCUT2D eigenvalue weighted by molar-refractivity contribution is -0.134. The molecule has 0 fully saturated rings. The van der Waals surface area contributed by atoms with Gasteiger partial charge in [-0.1, -0.05) is 31.2 Å². The number of carbonyl (C=O) groups excluding carboxylic acids is 1. The largest absolute Gasteiger partial charge is 0.347 e. The summed E-state index contributed by atoms with van der Waals surface area (Å²) in [7, 11) is 0. The maximum atomic E-state index is 12.7. The van der Waals surface area contributed by atoms with Crippen LogP contribution in [-0.2, 0) is 24.2 Å². The first-order valence-corrected chi connectivity index (χ1v) is 8.06. The van der Waals surface area contributed by atoms with E-state index in [4.69, 9.17) is 0 Å². The van der Waals surface area contributed by atoms with Gasteiger partial charge >= 0.3 is 5.69 Å². The van der Waals surface area contributed by atoms with Gasteiger partial charge < -0.3 is 4.90 Å². The summed E-state index contributed by atoms with van der Waals surface area (Å²) >= 11 is 0. The topological polar surface area (TPSA) is 55.2 Å². The lowest BCUT2D eigenvalue weighted by Crippen LogP contribution is -2.44. The molecule has 0 unspecified atom stereocenters. The summed E-state index contributed by atoms with van der Waals surface area (Å²) < 4.78 is 1.37. The Kier molecular flexibility index (Phi) is 4.55. The highest BCUT2D eigenvalue weighted by Crippen LogP contribution is 2.25. The molecule has 5 heteroatoms. The zero-order valence-corrected chi connectivity index (χ0v) is 13.3. The van der Waals surface area contributed by atoms with Crippen molar-refractivity contribution in [1.82, 2.24) is 14.5 Å². The van der Waals surface area contributed by atoms with Crippen LogP contribution in [-0.4, -0.2) is 32.9 Å². The number of nitrogens with zero attached hydrogens (tertiary/aromatic N) is 3. The summed E-state index contributed by atoms with van der Waals surface area (Å²) in [5.41, 5.74) is 2.27. The van der Waals surface area contributed by atoms with Gasteiger partial charge in [0.15, 0.2) is 0 Å². The molecule has 1 aromatic heterocycles. The minimum absolute atomic E-state index is 0.0141. The average molecular weight is 311 g/mol. The summed E-state index contributed by atoms with van der Waals surface area (Å²) in [5.74, 6) is -0.0141. The number of fused-ring (bicyclic) bond motifs is 1. The van der Waals surface area contributed by atoms with Gasteiger partial charge in [-0.25, -0.2) is 9.78 Å². The van der Waals surface area contributed by atoms with Crippen molar-refractivity contribution in [2.75, 3.05) is 6.54 Å². The van der Waals surface area contributed by atoms with Crippen LogP contribution in [0, 0.1) is 0 Å². The standard InChI is InChI=1S/C18H21N3O2/c1-2-9-21(16-11-14-6-3-4-7-15(14)12-16)17(22)13-20-10-5-8-19-18(20)23/h3-8,10,16H,2,9,11-13H2,1H3. The minimum Gasteiger partial charge on any atom is -0.338 e. The third-order valence-electron chi connectivity index (χ3n) is 4.34. The fourth-order valence-electron chi connectivity index (χ4n) is 3.25. The van der Waals surface area contributed by atoms with Gasteiger partial charge in [0.25, 0.3) is 0 Å². The Morgan fingerprint density at radius 2 is 1.96 bits per heavy atom. The Labute approximate surface area is 135 Å². The second-order valence-corrected chi connectivity index (χ2v) is 5.95. The highest BCUT2D eigenvalue weighted by molar-refractivity contribution is 5.76. The van der Waals surface area contributed by atoms with Gasteiger partial charge in [-0.2, -0.15) is 0 Å². The summed E-state index contributed by atoms with van der Waals surface area (Å²) in [4.78, 5) is 30.1. The summed E-state index contributed by atoms with van der Waals surface area (Å²) in [6.07, 6.45) is 5.75. The van der Waals surface area contributed by atoms with E-state index in [0.717, 1.165) is 19.3 Å². The molecule has 1 heterocycles. The number of aromatic nitrogens is 2. The van der Waals surface area contributed by atoms with E-state index < -0.39 is 0 Å². The summed E-state index contributed by atoms with van der Waals surface area (Å²) in [6.45, 7) is 2.84. The highest BCUT2D eigenvalue weighted by atomic mass is 16.2. The van der Waals surface area contributed by atoms with E-state index in [1.165, 1.54) is 21.9 Å². The molecule has 0 saturated carbocycles. The molecule has 1 aromatic carbocycles. The van der Waals surface area contributed by atoms with Crippen molar-refractivity contribution in [3.63, 3.8) is 0 Å². The van der Waals surface area contributed by atoms with E-state index in [1.807, 2.05) is 17.0 Å². The fraction of sp³-hybridized carbons (Fsp3) is 0.389. The van der Waals surface area contributed by atoms with Gasteiger partial charge in [-0.3, -0.25) is 9.36 Å². The molecule has 1 amide bonds. The first-order chi connectivity index (χ1) is 11.2. The maximum Gasteiger partial charge on any atom is 0.347 e. The van der Waals surface area contributed by atoms with Gasteiger partial charge in [-0.15, -0.1) is 0 Å². The van der Waals surface area contributed by atoms with Crippen LogP contribution in [0.5, 0.6) is 0 Å². The normalized spacial score (nSPS) is 13.8. The van der Waals surface area contributed by atoms with E-state index >= 15 is 0 Å². The molecule has 0 radical (unpaired) electrons. The minimum atomic E-state index is -0.382. The van der Waals surface area contributed by atoms with Crippen LogP contribution >= 0.6 is 0 Å². The number of hydrogen-bond donors (Lipinski definition) is 0. The Bertz CT molecular complexity index is 729.